The zero-order valence-corrected chi connectivity index (χ0v) is 17.3. The summed E-state index contributed by atoms with van der Waals surface area (Å²) in [5.41, 5.74) is 1.42. The summed E-state index contributed by atoms with van der Waals surface area (Å²) in [5.74, 6) is 0.310. The number of hydrogen-bond acceptors (Lipinski definition) is 8. The number of thiophene rings is 1. The Balaban J connectivity index is 1.30. The Hall–Kier alpha value is -3.44. The summed E-state index contributed by atoms with van der Waals surface area (Å²) in [4.78, 5) is 37.9. The molecule has 2 amide bonds. The van der Waals surface area contributed by atoms with Gasteiger partial charge in [0.05, 0.1) is 18.5 Å². The van der Waals surface area contributed by atoms with E-state index in [1.165, 1.54) is 29.0 Å². The van der Waals surface area contributed by atoms with Crippen LogP contribution in [0, 0.1) is 0 Å². The first-order valence-corrected chi connectivity index (χ1v) is 10.8. The zero-order valence-electron chi connectivity index (χ0n) is 15.7. The van der Waals surface area contributed by atoms with E-state index >= 15 is 0 Å². The summed E-state index contributed by atoms with van der Waals surface area (Å²) < 4.78 is 1.55. The van der Waals surface area contributed by atoms with Gasteiger partial charge < -0.3 is 10.6 Å². The monoisotopic (exact) mass is 439 g/mol. The second-order valence-corrected chi connectivity index (χ2v) is 8.12. The molecule has 0 saturated heterocycles. The summed E-state index contributed by atoms with van der Waals surface area (Å²) in [6, 6.07) is 7.49. The number of amides is 2. The van der Waals surface area contributed by atoms with Gasteiger partial charge >= 0.3 is 0 Å². The SMILES string of the molecule is O=C(Cc1csc(NC(=O)Cc2cccs2)n1)NCc1cccnc1-n1cncn1. The molecule has 0 bridgehead atoms. The molecule has 0 aliphatic rings. The van der Waals surface area contributed by atoms with Gasteiger partial charge in [-0.3, -0.25) is 9.59 Å². The van der Waals surface area contributed by atoms with Crippen molar-refractivity contribution >= 4 is 39.6 Å². The summed E-state index contributed by atoms with van der Waals surface area (Å²) >= 11 is 2.83. The minimum absolute atomic E-state index is 0.121. The highest BCUT2D eigenvalue weighted by atomic mass is 32.1. The lowest BCUT2D eigenvalue weighted by Crippen LogP contribution is -2.25. The predicted octanol–water partition coefficient (Wildman–Crippen LogP) is 2.22. The van der Waals surface area contributed by atoms with Gasteiger partial charge in [0.15, 0.2) is 10.9 Å². The first-order chi connectivity index (χ1) is 14.7. The molecule has 0 spiro atoms. The Kier molecular flexibility index (Phi) is 6.20. The molecule has 0 fully saturated rings. The van der Waals surface area contributed by atoms with Crippen molar-refractivity contribution in [3.63, 3.8) is 0 Å². The fraction of sp³-hybridized carbons (Fsp3) is 0.158. The van der Waals surface area contributed by atoms with Crippen LogP contribution in [0.2, 0.25) is 0 Å². The van der Waals surface area contributed by atoms with Crippen molar-refractivity contribution in [3.05, 3.63) is 70.0 Å². The summed E-state index contributed by atoms with van der Waals surface area (Å²) in [6.45, 7) is 0.302. The number of carbonyl (C=O) groups excluding carboxylic acids is 2. The van der Waals surface area contributed by atoms with Crippen LogP contribution in [0.1, 0.15) is 16.1 Å². The second kappa shape index (κ2) is 9.37. The average Bonchev–Trinajstić information content (AvgIpc) is 3.50. The summed E-state index contributed by atoms with van der Waals surface area (Å²) in [7, 11) is 0. The van der Waals surface area contributed by atoms with Gasteiger partial charge in [0.2, 0.25) is 11.8 Å². The second-order valence-electron chi connectivity index (χ2n) is 6.23. The van der Waals surface area contributed by atoms with Gasteiger partial charge in [-0.1, -0.05) is 12.1 Å². The van der Waals surface area contributed by atoms with Crippen LogP contribution < -0.4 is 10.6 Å². The molecule has 9 nitrogen and oxygen atoms in total. The highest BCUT2D eigenvalue weighted by molar-refractivity contribution is 7.14. The molecule has 0 atom stereocenters. The number of thiazole rings is 1. The van der Waals surface area contributed by atoms with Crippen molar-refractivity contribution in [2.75, 3.05) is 5.32 Å². The Morgan fingerprint density at radius 2 is 2.03 bits per heavy atom. The maximum atomic E-state index is 12.3. The van der Waals surface area contributed by atoms with E-state index in [1.54, 1.807) is 28.7 Å². The van der Waals surface area contributed by atoms with E-state index in [0.29, 0.717) is 29.6 Å². The van der Waals surface area contributed by atoms with Crippen molar-refractivity contribution in [1.29, 1.82) is 0 Å². The van der Waals surface area contributed by atoms with Crippen molar-refractivity contribution in [3.8, 4) is 5.82 Å². The molecule has 0 radical (unpaired) electrons. The lowest BCUT2D eigenvalue weighted by atomic mass is 10.2. The third-order valence-corrected chi connectivity index (χ3v) is 5.72. The standard InChI is InChI=1S/C19H17N7O2S2/c27-16(22-9-13-3-1-5-21-18(13)26-12-20-11-23-26)7-14-10-30-19(24-14)25-17(28)8-15-4-2-6-29-15/h1-6,10-12H,7-9H2,(H,22,27)(H,24,25,28). The van der Waals surface area contributed by atoms with Gasteiger partial charge in [0.25, 0.3) is 0 Å². The van der Waals surface area contributed by atoms with Gasteiger partial charge in [-0.2, -0.15) is 5.10 Å². The molecular formula is C19H17N7O2S2. The van der Waals surface area contributed by atoms with E-state index in [2.05, 4.69) is 30.7 Å². The Morgan fingerprint density at radius 1 is 1.10 bits per heavy atom. The van der Waals surface area contributed by atoms with Crippen molar-refractivity contribution in [2.45, 2.75) is 19.4 Å². The number of pyridine rings is 1. The van der Waals surface area contributed by atoms with Crippen molar-refractivity contribution in [1.82, 2.24) is 30.0 Å². The number of anilines is 1. The van der Waals surface area contributed by atoms with Gasteiger partial charge in [-0.25, -0.2) is 19.6 Å². The molecule has 4 aromatic rings. The molecule has 0 saturated carbocycles. The topological polar surface area (TPSA) is 115 Å². The Labute approximate surface area is 179 Å². The van der Waals surface area contributed by atoms with Crippen LogP contribution >= 0.6 is 22.7 Å². The predicted molar refractivity (Wildman–Crippen MR) is 113 cm³/mol. The largest absolute Gasteiger partial charge is 0.352 e. The molecule has 0 aromatic carbocycles. The maximum Gasteiger partial charge on any atom is 0.231 e. The maximum absolute atomic E-state index is 12.3. The quantitative estimate of drug-likeness (QED) is 0.435. The van der Waals surface area contributed by atoms with Crippen LogP contribution in [0.15, 0.2) is 53.9 Å². The smallest absolute Gasteiger partial charge is 0.231 e. The average molecular weight is 440 g/mol. The van der Waals surface area contributed by atoms with Crippen molar-refractivity contribution < 1.29 is 9.59 Å². The molecule has 0 unspecified atom stereocenters. The number of rotatable bonds is 8. The minimum Gasteiger partial charge on any atom is -0.352 e. The van der Waals surface area contributed by atoms with E-state index in [0.717, 1.165) is 10.4 Å². The third kappa shape index (κ3) is 5.13. The highest BCUT2D eigenvalue weighted by Gasteiger charge is 2.12. The minimum atomic E-state index is -0.176. The molecule has 11 heteroatoms. The fourth-order valence-electron chi connectivity index (χ4n) is 2.69. The molecule has 4 heterocycles. The van der Waals surface area contributed by atoms with Crippen molar-refractivity contribution in [2.24, 2.45) is 0 Å². The van der Waals surface area contributed by atoms with Crippen LogP contribution in [0.4, 0.5) is 5.13 Å². The molecule has 30 heavy (non-hydrogen) atoms. The van der Waals surface area contributed by atoms with E-state index in [1.807, 2.05) is 23.6 Å². The first-order valence-electron chi connectivity index (χ1n) is 8.99. The third-order valence-electron chi connectivity index (χ3n) is 4.03. The van der Waals surface area contributed by atoms with E-state index in [4.69, 9.17) is 0 Å². The molecule has 2 N–H and O–H groups in total. The Morgan fingerprint density at radius 3 is 2.83 bits per heavy atom. The molecular weight excluding hydrogens is 422 g/mol. The van der Waals surface area contributed by atoms with Crippen LogP contribution in [0.25, 0.3) is 5.82 Å². The number of carbonyl (C=O) groups is 2. The molecule has 4 aromatic heterocycles. The highest BCUT2D eigenvalue weighted by Crippen LogP contribution is 2.17. The number of nitrogens with one attached hydrogen (secondary N) is 2. The molecule has 0 aliphatic heterocycles. The first kappa shape index (κ1) is 19.9. The van der Waals surface area contributed by atoms with Crippen LogP contribution in [0.5, 0.6) is 0 Å². The number of hydrogen-bond donors (Lipinski definition) is 2. The number of nitrogens with zero attached hydrogens (tertiary/aromatic N) is 5. The summed E-state index contributed by atoms with van der Waals surface area (Å²) in [6.07, 6.45) is 5.07. The summed E-state index contributed by atoms with van der Waals surface area (Å²) in [5, 5.41) is 13.9. The van der Waals surface area contributed by atoms with Crippen LogP contribution in [0.3, 0.4) is 0 Å². The molecule has 152 valence electrons. The normalized spacial score (nSPS) is 10.7. The zero-order chi connectivity index (χ0) is 20.8. The van der Waals surface area contributed by atoms with Gasteiger partial charge in [0.1, 0.15) is 12.7 Å². The Bertz CT molecular complexity index is 1120. The molecule has 0 aliphatic carbocycles. The van der Waals surface area contributed by atoms with E-state index in [9.17, 15) is 9.59 Å². The van der Waals surface area contributed by atoms with Crippen LogP contribution in [-0.2, 0) is 29.0 Å². The molecule has 4 rings (SSSR count). The van der Waals surface area contributed by atoms with Gasteiger partial charge in [-0.05, 0) is 17.5 Å². The fourth-order valence-corrected chi connectivity index (χ4v) is 4.12. The van der Waals surface area contributed by atoms with Gasteiger partial charge in [-0.15, -0.1) is 22.7 Å². The van der Waals surface area contributed by atoms with E-state index in [-0.39, 0.29) is 18.2 Å². The lowest BCUT2D eigenvalue weighted by molar-refractivity contribution is -0.120. The van der Waals surface area contributed by atoms with Gasteiger partial charge in [0, 0.05) is 28.6 Å². The lowest BCUT2D eigenvalue weighted by Gasteiger charge is -2.08. The number of aromatic nitrogens is 5. The van der Waals surface area contributed by atoms with Crippen LogP contribution in [-0.4, -0.2) is 36.5 Å². The van der Waals surface area contributed by atoms with E-state index < -0.39 is 0 Å².